The van der Waals surface area contributed by atoms with Crippen molar-refractivity contribution in [3.8, 4) is 23.0 Å². The zero-order valence-electron chi connectivity index (χ0n) is 15.6. The molecule has 0 amide bonds. The van der Waals surface area contributed by atoms with E-state index < -0.39 is 0 Å². The van der Waals surface area contributed by atoms with Crippen LogP contribution in [0.15, 0.2) is 24.3 Å². The van der Waals surface area contributed by atoms with Gasteiger partial charge in [0.05, 0.1) is 35.0 Å². The highest BCUT2D eigenvalue weighted by molar-refractivity contribution is 5.82. The number of nitrogens with one attached hydrogen (secondary N) is 1. The molecule has 5 nitrogen and oxygen atoms in total. The van der Waals surface area contributed by atoms with E-state index in [1.807, 2.05) is 0 Å². The van der Waals surface area contributed by atoms with Crippen LogP contribution in [0.3, 0.4) is 0 Å². The van der Waals surface area contributed by atoms with Gasteiger partial charge in [-0.2, -0.15) is 0 Å². The first-order valence-corrected chi connectivity index (χ1v) is 8.75. The van der Waals surface area contributed by atoms with E-state index in [0.717, 1.165) is 42.5 Å². The molecule has 0 aromatic heterocycles. The maximum atomic E-state index is 5.52. The molecule has 0 radical (unpaired) electrons. The molecular weight excluding hydrogens is 330 g/mol. The van der Waals surface area contributed by atoms with Gasteiger partial charge in [-0.05, 0) is 35.4 Å². The Balaban J connectivity index is 1.85. The Hall–Kier alpha value is -2.66. The second kappa shape index (κ2) is 6.57. The highest BCUT2D eigenvalue weighted by atomic mass is 16.5. The lowest BCUT2D eigenvalue weighted by Crippen LogP contribution is -3.09. The average molecular weight is 354 g/mol. The van der Waals surface area contributed by atoms with Crippen molar-refractivity contribution in [2.45, 2.75) is 13.0 Å². The monoisotopic (exact) mass is 354 g/mol. The first-order chi connectivity index (χ1) is 12.7. The Bertz CT molecular complexity index is 888. The lowest BCUT2D eigenvalue weighted by Gasteiger charge is -2.32. The number of ether oxygens (including phenoxy) is 4. The van der Waals surface area contributed by atoms with Gasteiger partial charge in [0.25, 0.3) is 0 Å². The van der Waals surface area contributed by atoms with E-state index in [9.17, 15) is 0 Å². The molecule has 2 aliphatic rings. The second-order valence-electron chi connectivity index (χ2n) is 6.61. The number of rotatable bonds is 4. The van der Waals surface area contributed by atoms with Crippen LogP contribution >= 0.6 is 0 Å². The van der Waals surface area contributed by atoms with Crippen LogP contribution in [0.25, 0.3) is 11.8 Å². The fraction of sp³-hybridized carbons (Fsp3) is 0.333. The molecule has 1 atom stereocenters. The molecule has 4 rings (SSSR count). The van der Waals surface area contributed by atoms with Crippen molar-refractivity contribution in [2.75, 3.05) is 35.0 Å². The molecule has 26 heavy (non-hydrogen) atoms. The van der Waals surface area contributed by atoms with Crippen molar-refractivity contribution in [3.63, 3.8) is 0 Å². The van der Waals surface area contributed by atoms with Crippen LogP contribution < -0.4 is 23.8 Å². The molecule has 0 aliphatic carbocycles. The maximum absolute atomic E-state index is 5.52. The lowest BCUT2D eigenvalue weighted by atomic mass is 9.90. The smallest absolute Gasteiger partial charge is 0.161 e. The van der Waals surface area contributed by atoms with Crippen LogP contribution in [-0.4, -0.2) is 35.0 Å². The molecule has 2 aliphatic heterocycles. The summed E-state index contributed by atoms with van der Waals surface area (Å²) in [7, 11) is 6.71. The Morgan fingerprint density at radius 2 is 1.31 bits per heavy atom. The molecule has 0 spiro atoms. The van der Waals surface area contributed by atoms with Crippen molar-refractivity contribution in [2.24, 2.45) is 0 Å². The Kier molecular flexibility index (Phi) is 4.24. The normalized spacial score (nSPS) is 17.4. The van der Waals surface area contributed by atoms with Gasteiger partial charge in [-0.15, -0.1) is 0 Å². The zero-order chi connectivity index (χ0) is 18.3. The van der Waals surface area contributed by atoms with Gasteiger partial charge in [0, 0.05) is 23.6 Å². The van der Waals surface area contributed by atoms with Crippen LogP contribution in [-0.2, 0) is 13.0 Å². The Morgan fingerprint density at radius 3 is 1.96 bits per heavy atom. The molecular formula is C21H24NO4+. The summed E-state index contributed by atoms with van der Waals surface area (Å²) >= 11 is 0. The fourth-order valence-electron chi connectivity index (χ4n) is 3.96. The summed E-state index contributed by atoms with van der Waals surface area (Å²) in [6, 6.07) is 8.37. The maximum Gasteiger partial charge on any atom is 0.161 e. The quantitative estimate of drug-likeness (QED) is 0.914. The van der Waals surface area contributed by atoms with Gasteiger partial charge in [0.2, 0.25) is 0 Å². The topological polar surface area (TPSA) is 41.4 Å². The van der Waals surface area contributed by atoms with Crippen LogP contribution in [0.4, 0.5) is 0 Å². The van der Waals surface area contributed by atoms with Crippen LogP contribution in [0, 0.1) is 0 Å². The predicted molar refractivity (Wildman–Crippen MR) is 100 cm³/mol. The lowest BCUT2D eigenvalue weighted by molar-refractivity contribution is -0.841. The first-order valence-electron chi connectivity index (χ1n) is 8.75. The van der Waals surface area contributed by atoms with E-state index in [1.54, 1.807) is 28.4 Å². The van der Waals surface area contributed by atoms with Gasteiger partial charge in [-0.1, -0.05) is 0 Å². The number of quaternary nitrogens is 1. The van der Waals surface area contributed by atoms with E-state index in [4.69, 9.17) is 18.9 Å². The molecule has 2 aromatic rings. The van der Waals surface area contributed by atoms with Gasteiger partial charge in [0.1, 0.15) is 12.2 Å². The molecule has 0 fully saturated rings. The highest BCUT2D eigenvalue weighted by Crippen LogP contribution is 2.37. The van der Waals surface area contributed by atoms with E-state index in [-0.39, 0.29) is 0 Å². The van der Waals surface area contributed by atoms with Crippen molar-refractivity contribution >= 4 is 11.8 Å². The third-order valence-corrected chi connectivity index (χ3v) is 5.33. The third kappa shape index (κ3) is 2.59. The van der Waals surface area contributed by atoms with Gasteiger partial charge in [-0.25, -0.2) is 0 Å². The van der Waals surface area contributed by atoms with Crippen LogP contribution in [0.1, 0.15) is 22.3 Å². The third-order valence-electron chi connectivity index (χ3n) is 5.33. The summed E-state index contributed by atoms with van der Waals surface area (Å²) in [4.78, 5) is 1.46. The van der Waals surface area contributed by atoms with E-state index in [0.29, 0.717) is 0 Å². The number of fused-ring (bicyclic) bond motifs is 4. The van der Waals surface area contributed by atoms with Crippen LogP contribution in [0.5, 0.6) is 23.0 Å². The fourth-order valence-corrected chi connectivity index (χ4v) is 3.96. The van der Waals surface area contributed by atoms with E-state index in [1.165, 1.54) is 32.9 Å². The van der Waals surface area contributed by atoms with Crippen molar-refractivity contribution < 1.29 is 23.8 Å². The minimum Gasteiger partial charge on any atom is -0.493 e. The predicted octanol–water partition coefficient (Wildman–Crippen LogP) is 2.17. The molecule has 0 bridgehead atoms. The van der Waals surface area contributed by atoms with E-state index in [2.05, 4.69) is 30.3 Å². The molecule has 5 heteroatoms. The largest absolute Gasteiger partial charge is 0.493 e. The first kappa shape index (κ1) is 16.8. The minimum atomic E-state index is 0.759. The molecule has 0 saturated carbocycles. The summed E-state index contributed by atoms with van der Waals surface area (Å²) in [6.45, 7) is 2.00. The summed E-state index contributed by atoms with van der Waals surface area (Å²) in [5.41, 5.74) is 6.31. The van der Waals surface area contributed by atoms with Gasteiger partial charge >= 0.3 is 0 Å². The van der Waals surface area contributed by atoms with Crippen molar-refractivity contribution in [1.29, 1.82) is 0 Å². The molecule has 2 aromatic carbocycles. The standard InChI is InChI=1S/C21H23NO4/c1-23-18-8-13-5-6-22-12-15-10-20(25-3)19(24-2)9-14(15)7-17(22)16(13)11-21(18)26-4/h7-11H,5-6,12H2,1-4H3/p+1. The molecule has 1 unspecified atom stereocenters. The van der Waals surface area contributed by atoms with Gasteiger partial charge in [0.15, 0.2) is 23.0 Å². The number of hydrogen-bond acceptors (Lipinski definition) is 4. The number of hydrogen-bond donors (Lipinski definition) is 1. The van der Waals surface area contributed by atoms with Gasteiger partial charge < -0.3 is 18.9 Å². The molecule has 1 N–H and O–H groups in total. The summed E-state index contributed by atoms with van der Waals surface area (Å²) in [5.74, 6) is 3.10. The SMILES string of the molecule is COc1cc2c(cc1OC)C[NH+]1CCc3cc(OC)c(OC)cc3C1=C2. The average Bonchev–Trinajstić information content (AvgIpc) is 2.69. The number of benzene rings is 2. The van der Waals surface area contributed by atoms with Crippen molar-refractivity contribution in [1.82, 2.24) is 0 Å². The summed E-state index contributed by atoms with van der Waals surface area (Å²) < 4.78 is 21.9. The Labute approximate surface area is 153 Å². The Morgan fingerprint density at radius 1 is 0.731 bits per heavy atom. The molecule has 136 valence electrons. The molecule has 0 saturated heterocycles. The molecule has 2 heterocycles. The summed E-state index contributed by atoms with van der Waals surface area (Å²) in [6.07, 6.45) is 3.28. The van der Waals surface area contributed by atoms with Gasteiger partial charge in [-0.3, -0.25) is 4.90 Å². The van der Waals surface area contributed by atoms with Crippen LogP contribution in [0.2, 0.25) is 0 Å². The van der Waals surface area contributed by atoms with Crippen molar-refractivity contribution in [3.05, 3.63) is 46.5 Å². The van der Waals surface area contributed by atoms with E-state index >= 15 is 0 Å². The number of methoxy groups -OCH3 is 4. The zero-order valence-corrected chi connectivity index (χ0v) is 15.6. The summed E-state index contributed by atoms with van der Waals surface area (Å²) in [5, 5.41) is 0. The minimum absolute atomic E-state index is 0.759. The highest BCUT2D eigenvalue weighted by Gasteiger charge is 2.32. The second-order valence-corrected chi connectivity index (χ2v) is 6.61.